The van der Waals surface area contributed by atoms with Crippen molar-refractivity contribution in [3.8, 4) is 0 Å². The smallest absolute Gasteiger partial charge is 0.123 e. The zero-order valence-corrected chi connectivity index (χ0v) is 13.5. The lowest BCUT2D eigenvalue weighted by Gasteiger charge is -2.34. The van der Waals surface area contributed by atoms with Crippen molar-refractivity contribution < 1.29 is 9.50 Å². The van der Waals surface area contributed by atoms with Crippen LogP contribution in [0.1, 0.15) is 35.6 Å². The van der Waals surface area contributed by atoms with Gasteiger partial charge >= 0.3 is 0 Å². The fourth-order valence-electron chi connectivity index (χ4n) is 3.32. The largest absolute Gasteiger partial charge is 0.388 e. The summed E-state index contributed by atoms with van der Waals surface area (Å²) in [5.41, 5.74) is 3.24. The summed E-state index contributed by atoms with van der Waals surface area (Å²) in [4.78, 5) is 6.65. The Kier molecular flexibility index (Phi) is 5.03. The van der Waals surface area contributed by atoms with Crippen LogP contribution in [0.5, 0.6) is 0 Å². The molecule has 1 aliphatic heterocycles. The summed E-state index contributed by atoms with van der Waals surface area (Å²) >= 11 is 0. The molecule has 0 bridgehead atoms. The topological polar surface area (TPSA) is 36.4 Å². The second kappa shape index (κ2) is 7.20. The van der Waals surface area contributed by atoms with Crippen molar-refractivity contribution in [2.24, 2.45) is 5.92 Å². The Morgan fingerprint density at radius 2 is 1.91 bits per heavy atom. The number of rotatable bonds is 4. The van der Waals surface area contributed by atoms with Crippen molar-refractivity contribution in [1.29, 1.82) is 0 Å². The van der Waals surface area contributed by atoms with Crippen LogP contribution in [-0.4, -0.2) is 28.1 Å². The van der Waals surface area contributed by atoms with E-state index in [9.17, 15) is 9.50 Å². The second-order valence-electron chi connectivity index (χ2n) is 6.48. The second-order valence-corrected chi connectivity index (χ2v) is 6.48. The third-order valence-corrected chi connectivity index (χ3v) is 4.63. The van der Waals surface area contributed by atoms with Gasteiger partial charge in [0, 0.05) is 18.9 Å². The lowest BCUT2D eigenvalue weighted by atomic mass is 9.87. The Hall–Kier alpha value is -1.78. The molecule has 122 valence electrons. The predicted octanol–water partition coefficient (Wildman–Crippen LogP) is 3.47. The number of hydrogen-bond acceptors (Lipinski definition) is 3. The van der Waals surface area contributed by atoms with E-state index in [0.717, 1.165) is 38.0 Å². The number of pyridine rings is 1. The molecule has 1 aliphatic rings. The molecule has 0 spiro atoms. The summed E-state index contributed by atoms with van der Waals surface area (Å²) in [6, 6.07) is 8.37. The van der Waals surface area contributed by atoms with Crippen LogP contribution in [0, 0.1) is 18.7 Å². The van der Waals surface area contributed by atoms with Crippen molar-refractivity contribution in [2.75, 3.05) is 13.1 Å². The highest BCUT2D eigenvalue weighted by atomic mass is 19.1. The van der Waals surface area contributed by atoms with E-state index in [1.165, 1.54) is 23.3 Å². The molecule has 23 heavy (non-hydrogen) atoms. The number of nitrogens with zero attached hydrogens (tertiary/aromatic N) is 2. The molecule has 3 rings (SSSR count). The quantitative estimate of drug-likeness (QED) is 0.938. The first-order valence-electron chi connectivity index (χ1n) is 8.18. The Labute approximate surface area is 136 Å². The Morgan fingerprint density at radius 1 is 1.22 bits per heavy atom. The molecule has 1 N–H and O–H groups in total. The summed E-state index contributed by atoms with van der Waals surface area (Å²) in [6.45, 7) is 4.91. The van der Waals surface area contributed by atoms with E-state index in [-0.39, 0.29) is 11.7 Å². The van der Waals surface area contributed by atoms with E-state index in [1.807, 2.05) is 12.4 Å². The molecule has 0 unspecified atom stereocenters. The first kappa shape index (κ1) is 16.1. The van der Waals surface area contributed by atoms with E-state index >= 15 is 0 Å². The van der Waals surface area contributed by atoms with Gasteiger partial charge in [-0.05, 0) is 67.6 Å². The molecular formula is C19H23FN2O. The molecule has 1 aromatic heterocycles. The first-order valence-corrected chi connectivity index (χ1v) is 8.18. The third kappa shape index (κ3) is 4.15. The van der Waals surface area contributed by atoms with Gasteiger partial charge in [-0.25, -0.2) is 4.39 Å². The molecule has 2 heterocycles. The van der Waals surface area contributed by atoms with Crippen LogP contribution in [-0.2, 0) is 6.54 Å². The summed E-state index contributed by atoms with van der Waals surface area (Å²) < 4.78 is 13.0. The molecule has 1 saturated heterocycles. The summed E-state index contributed by atoms with van der Waals surface area (Å²) in [5.74, 6) is -0.0186. The van der Waals surface area contributed by atoms with Crippen molar-refractivity contribution in [3.05, 3.63) is 65.2 Å². The fourth-order valence-corrected chi connectivity index (χ4v) is 3.32. The monoisotopic (exact) mass is 314 g/mol. The zero-order valence-electron chi connectivity index (χ0n) is 13.5. The average molecular weight is 314 g/mol. The van der Waals surface area contributed by atoms with Gasteiger partial charge in [0.05, 0.1) is 6.10 Å². The van der Waals surface area contributed by atoms with Gasteiger partial charge < -0.3 is 5.11 Å². The maximum Gasteiger partial charge on any atom is 0.123 e. The Morgan fingerprint density at radius 3 is 2.57 bits per heavy atom. The molecule has 0 amide bonds. The van der Waals surface area contributed by atoms with Crippen LogP contribution in [0.15, 0.2) is 42.7 Å². The number of aliphatic hydroxyl groups excluding tert-OH is 1. The highest BCUT2D eigenvalue weighted by Gasteiger charge is 2.26. The van der Waals surface area contributed by atoms with E-state index in [0.29, 0.717) is 0 Å². The maximum absolute atomic E-state index is 13.0. The number of likely N-dealkylation sites (tertiary alicyclic amines) is 1. The maximum atomic E-state index is 13.0. The minimum Gasteiger partial charge on any atom is -0.388 e. The van der Waals surface area contributed by atoms with Gasteiger partial charge in [0.15, 0.2) is 0 Å². The minimum absolute atomic E-state index is 0.243. The van der Waals surface area contributed by atoms with Crippen LogP contribution in [0.3, 0.4) is 0 Å². The lowest BCUT2D eigenvalue weighted by Crippen LogP contribution is -2.35. The highest BCUT2D eigenvalue weighted by Crippen LogP contribution is 2.31. The van der Waals surface area contributed by atoms with Crippen LogP contribution in [0.25, 0.3) is 0 Å². The van der Waals surface area contributed by atoms with Gasteiger partial charge in [0.2, 0.25) is 0 Å². The van der Waals surface area contributed by atoms with Crippen LogP contribution < -0.4 is 0 Å². The number of hydrogen-bond donors (Lipinski definition) is 1. The number of benzene rings is 1. The zero-order chi connectivity index (χ0) is 16.2. The third-order valence-electron chi connectivity index (χ3n) is 4.63. The van der Waals surface area contributed by atoms with Crippen molar-refractivity contribution >= 4 is 0 Å². The van der Waals surface area contributed by atoms with Gasteiger partial charge in [-0.2, -0.15) is 0 Å². The van der Waals surface area contributed by atoms with Crippen molar-refractivity contribution in [2.45, 2.75) is 32.4 Å². The van der Waals surface area contributed by atoms with Crippen LogP contribution >= 0.6 is 0 Å². The standard InChI is InChI=1S/C19H23FN2O/c1-14-10-15(12-21-11-14)13-22-8-6-17(7-9-22)19(23)16-2-4-18(20)5-3-16/h2-5,10-12,17,19,23H,6-9,13H2,1H3/t19-/m0/s1. The molecule has 2 aromatic rings. The SMILES string of the molecule is Cc1cncc(CN2CCC([C@@H](O)c3ccc(F)cc3)CC2)c1. The fraction of sp³-hybridized carbons (Fsp3) is 0.421. The van der Waals surface area contributed by atoms with E-state index in [1.54, 1.807) is 12.1 Å². The normalized spacial score (nSPS) is 18.0. The molecule has 4 heteroatoms. The van der Waals surface area contributed by atoms with Gasteiger partial charge in [-0.3, -0.25) is 9.88 Å². The molecule has 0 aliphatic carbocycles. The average Bonchev–Trinajstić information content (AvgIpc) is 2.56. The number of aryl methyl sites for hydroxylation is 1. The van der Waals surface area contributed by atoms with Crippen molar-refractivity contribution in [3.63, 3.8) is 0 Å². The molecule has 0 saturated carbocycles. The molecular weight excluding hydrogens is 291 g/mol. The first-order chi connectivity index (χ1) is 11.1. The number of halogens is 1. The number of piperidine rings is 1. The summed E-state index contributed by atoms with van der Waals surface area (Å²) in [5, 5.41) is 10.5. The lowest BCUT2D eigenvalue weighted by molar-refractivity contribution is 0.0567. The van der Waals surface area contributed by atoms with Crippen LogP contribution in [0.2, 0.25) is 0 Å². The van der Waals surface area contributed by atoms with Gasteiger partial charge in [-0.15, -0.1) is 0 Å². The molecule has 3 nitrogen and oxygen atoms in total. The van der Waals surface area contributed by atoms with E-state index < -0.39 is 6.10 Å². The molecule has 1 aromatic carbocycles. The van der Waals surface area contributed by atoms with E-state index in [4.69, 9.17) is 0 Å². The summed E-state index contributed by atoms with van der Waals surface area (Å²) in [7, 11) is 0. The Bertz CT molecular complexity index is 636. The minimum atomic E-state index is -0.501. The van der Waals surface area contributed by atoms with E-state index in [2.05, 4.69) is 22.9 Å². The molecule has 1 atom stereocenters. The number of aromatic nitrogens is 1. The van der Waals surface area contributed by atoms with Crippen LogP contribution in [0.4, 0.5) is 4.39 Å². The predicted molar refractivity (Wildman–Crippen MR) is 88.3 cm³/mol. The van der Waals surface area contributed by atoms with Crippen molar-refractivity contribution in [1.82, 2.24) is 9.88 Å². The number of aliphatic hydroxyl groups is 1. The van der Waals surface area contributed by atoms with Gasteiger partial charge in [0.1, 0.15) is 5.82 Å². The Balaban J connectivity index is 1.54. The molecule has 0 radical (unpaired) electrons. The summed E-state index contributed by atoms with van der Waals surface area (Å²) in [6.07, 6.45) is 5.20. The van der Waals surface area contributed by atoms with Gasteiger partial charge in [0.25, 0.3) is 0 Å². The van der Waals surface area contributed by atoms with Gasteiger partial charge in [-0.1, -0.05) is 18.2 Å². The highest BCUT2D eigenvalue weighted by molar-refractivity contribution is 5.19. The molecule has 1 fully saturated rings.